The second-order valence-corrected chi connectivity index (χ2v) is 5.91. The van der Waals surface area contributed by atoms with Gasteiger partial charge in [-0.1, -0.05) is 0 Å². The number of aliphatic hydroxyl groups is 1. The molecular formula is C12H20BrN3O2. The minimum atomic E-state index is -0.614. The molecule has 1 aromatic rings. The Labute approximate surface area is 116 Å². The summed E-state index contributed by atoms with van der Waals surface area (Å²) in [4.78, 5) is 0. The molecule has 0 bridgehead atoms. The first kappa shape index (κ1) is 14.0. The Morgan fingerprint density at radius 3 is 2.94 bits per heavy atom. The van der Waals surface area contributed by atoms with E-state index in [0.29, 0.717) is 32.6 Å². The van der Waals surface area contributed by atoms with E-state index < -0.39 is 5.60 Å². The van der Waals surface area contributed by atoms with Crippen molar-refractivity contribution >= 4 is 15.9 Å². The third-order valence-corrected chi connectivity index (χ3v) is 3.68. The molecule has 0 spiro atoms. The van der Waals surface area contributed by atoms with E-state index in [1.165, 1.54) is 0 Å². The molecule has 1 saturated heterocycles. The number of ether oxygens (including phenoxy) is 1. The number of halogens is 1. The van der Waals surface area contributed by atoms with E-state index in [-0.39, 0.29) is 6.04 Å². The molecule has 6 heteroatoms. The molecule has 2 rings (SSSR count). The van der Waals surface area contributed by atoms with Gasteiger partial charge in [0, 0.05) is 44.8 Å². The van der Waals surface area contributed by atoms with Crippen molar-refractivity contribution in [3.8, 4) is 0 Å². The Bertz CT molecular complexity index is 377. The van der Waals surface area contributed by atoms with Gasteiger partial charge in [-0.25, -0.2) is 0 Å². The van der Waals surface area contributed by atoms with Crippen LogP contribution in [0.1, 0.15) is 19.8 Å². The first-order valence-electron chi connectivity index (χ1n) is 6.29. The van der Waals surface area contributed by atoms with E-state index in [4.69, 9.17) is 4.74 Å². The molecule has 0 aliphatic carbocycles. The number of hydrogen-bond donors (Lipinski definition) is 2. The van der Waals surface area contributed by atoms with Crippen molar-refractivity contribution in [1.29, 1.82) is 0 Å². The van der Waals surface area contributed by atoms with Crippen LogP contribution in [0.3, 0.4) is 0 Å². The van der Waals surface area contributed by atoms with Gasteiger partial charge in [-0.15, -0.1) is 0 Å². The summed E-state index contributed by atoms with van der Waals surface area (Å²) in [6.45, 7) is 4.80. The third-order valence-electron chi connectivity index (χ3n) is 3.27. The van der Waals surface area contributed by atoms with E-state index in [1.807, 2.05) is 10.9 Å². The monoisotopic (exact) mass is 317 g/mol. The van der Waals surface area contributed by atoms with Crippen molar-refractivity contribution in [2.24, 2.45) is 0 Å². The lowest BCUT2D eigenvalue weighted by molar-refractivity contribution is -0.0627. The molecule has 0 saturated carbocycles. The highest BCUT2D eigenvalue weighted by Gasteiger charge is 2.29. The van der Waals surface area contributed by atoms with Crippen LogP contribution in [0.25, 0.3) is 0 Å². The van der Waals surface area contributed by atoms with Crippen LogP contribution >= 0.6 is 15.9 Å². The molecule has 18 heavy (non-hydrogen) atoms. The summed E-state index contributed by atoms with van der Waals surface area (Å²) in [7, 11) is 0. The molecule has 1 aliphatic heterocycles. The Hall–Kier alpha value is -0.430. The van der Waals surface area contributed by atoms with Crippen molar-refractivity contribution in [3.63, 3.8) is 0 Å². The summed E-state index contributed by atoms with van der Waals surface area (Å²) < 4.78 is 8.13. The van der Waals surface area contributed by atoms with Crippen LogP contribution in [0, 0.1) is 0 Å². The molecule has 2 heterocycles. The van der Waals surface area contributed by atoms with E-state index >= 15 is 0 Å². The molecule has 1 atom stereocenters. The second-order valence-electron chi connectivity index (χ2n) is 5.00. The molecule has 0 aromatic carbocycles. The minimum Gasteiger partial charge on any atom is -0.388 e. The van der Waals surface area contributed by atoms with E-state index in [0.717, 1.165) is 11.0 Å². The number of hydrogen-bond acceptors (Lipinski definition) is 4. The molecule has 0 amide bonds. The summed E-state index contributed by atoms with van der Waals surface area (Å²) >= 11 is 3.37. The van der Waals surface area contributed by atoms with Crippen LogP contribution < -0.4 is 5.32 Å². The Kier molecular flexibility index (Phi) is 4.77. The van der Waals surface area contributed by atoms with E-state index in [2.05, 4.69) is 33.3 Å². The standard InChI is InChI=1S/C12H20BrN3O2/c1-10(7-16-8-11(13)6-15-16)14-9-12(17)2-4-18-5-3-12/h6,8,10,14,17H,2-5,7,9H2,1H3. The van der Waals surface area contributed by atoms with Gasteiger partial charge in [-0.3, -0.25) is 4.68 Å². The molecule has 102 valence electrons. The van der Waals surface area contributed by atoms with Crippen LogP contribution in [-0.2, 0) is 11.3 Å². The molecular weight excluding hydrogens is 298 g/mol. The minimum absolute atomic E-state index is 0.267. The van der Waals surface area contributed by atoms with Crippen LogP contribution in [-0.4, -0.2) is 46.3 Å². The molecule has 1 fully saturated rings. The fraction of sp³-hybridized carbons (Fsp3) is 0.750. The second kappa shape index (κ2) is 6.14. The average Bonchev–Trinajstić information content (AvgIpc) is 2.73. The van der Waals surface area contributed by atoms with Crippen LogP contribution in [0.4, 0.5) is 0 Å². The summed E-state index contributed by atoms with van der Waals surface area (Å²) in [5.41, 5.74) is -0.614. The van der Waals surface area contributed by atoms with Crippen LogP contribution in [0.15, 0.2) is 16.9 Å². The summed E-state index contributed by atoms with van der Waals surface area (Å²) in [5.74, 6) is 0. The molecule has 0 radical (unpaired) electrons. The summed E-state index contributed by atoms with van der Waals surface area (Å²) in [6.07, 6.45) is 5.14. The molecule has 1 aliphatic rings. The topological polar surface area (TPSA) is 59.3 Å². The lowest BCUT2D eigenvalue weighted by Gasteiger charge is -2.33. The van der Waals surface area contributed by atoms with Crippen molar-refractivity contribution < 1.29 is 9.84 Å². The van der Waals surface area contributed by atoms with Gasteiger partial charge in [-0.05, 0) is 22.9 Å². The van der Waals surface area contributed by atoms with Crippen LogP contribution in [0.5, 0.6) is 0 Å². The molecule has 1 unspecified atom stereocenters. The fourth-order valence-corrected chi connectivity index (χ4v) is 2.40. The lowest BCUT2D eigenvalue weighted by atomic mass is 9.94. The van der Waals surface area contributed by atoms with Gasteiger partial charge in [0.15, 0.2) is 0 Å². The maximum Gasteiger partial charge on any atom is 0.0815 e. The molecule has 1 aromatic heterocycles. The Morgan fingerprint density at radius 1 is 1.61 bits per heavy atom. The normalized spacial score (nSPS) is 20.8. The summed E-state index contributed by atoms with van der Waals surface area (Å²) in [6, 6.07) is 0.267. The highest BCUT2D eigenvalue weighted by molar-refractivity contribution is 9.10. The lowest BCUT2D eigenvalue weighted by Crippen LogP contribution is -2.48. The number of rotatable bonds is 5. The van der Waals surface area contributed by atoms with Gasteiger partial charge in [0.25, 0.3) is 0 Å². The number of nitrogens with one attached hydrogen (secondary N) is 1. The predicted molar refractivity (Wildman–Crippen MR) is 72.4 cm³/mol. The van der Waals surface area contributed by atoms with E-state index in [1.54, 1.807) is 6.20 Å². The first-order valence-corrected chi connectivity index (χ1v) is 7.08. The third kappa shape index (κ3) is 4.05. The van der Waals surface area contributed by atoms with Gasteiger partial charge in [0.2, 0.25) is 0 Å². The van der Waals surface area contributed by atoms with Crippen molar-refractivity contribution in [2.75, 3.05) is 19.8 Å². The van der Waals surface area contributed by atoms with Crippen LogP contribution in [0.2, 0.25) is 0 Å². The SMILES string of the molecule is CC(Cn1cc(Br)cn1)NCC1(O)CCOCC1. The molecule has 2 N–H and O–H groups in total. The largest absolute Gasteiger partial charge is 0.388 e. The number of nitrogens with zero attached hydrogens (tertiary/aromatic N) is 2. The van der Waals surface area contributed by atoms with Gasteiger partial charge < -0.3 is 15.2 Å². The van der Waals surface area contributed by atoms with Gasteiger partial charge >= 0.3 is 0 Å². The van der Waals surface area contributed by atoms with Gasteiger partial charge in [0.1, 0.15) is 0 Å². The zero-order valence-corrected chi connectivity index (χ0v) is 12.2. The smallest absolute Gasteiger partial charge is 0.0815 e. The van der Waals surface area contributed by atoms with Crippen molar-refractivity contribution in [1.82, 2.24) is 15.1 Å². The van der Waals surface area contributed by atoms with Gasteiger partial charge in [0.05, 0.1) is 22.8 Å². The fourth-order valence-electron chi connectivity index (χ4n) is 2.08. The maximum absolute atomic E-state index is 10.3. The quantitative estimate of drug-likeness (QED) is 0.855. The molecule has 5 nitrogen and oxygen atoms in total. The Morgan fingerprint density at radius 2 is 2.33 bits per heavy atom. The highest BCUT2D eigenvalue weighted by Crippen LogP contribution is 2.19. The Balaban J connectivity index is 1.75. The maximum atomic E-state index is 10.3. The number of aromatic nitrogens is 2. The predicted octanol–water partition coefficient (Wildman–Crippen LogP) is 1.17. The summed E-state index contributed by atoms with van der Waals surface area (Å²) in [5, 5.41) is 17.9. The van der Waals surface area contributed by atoms with Crippen molar-refractivity contribution in [3.05, 3.63) is 16.9 Å². The van der Waals surface area contributed by atoms with Gasteiger partial charge in [-0.2, -0.15) is 5.10 Å². The van der Waals surface area contributed by atoms with Crippen molar-refractivity contribution in [2.45, 2.75) is 38.0 Å². The average molecular weight is 318 g/mol. The zero-order valence-electron chi connectivity index (χ0n) is 10.6. The first-order chi connectivity index (χ1) is 8.57. The highest BCUT2D eigenvalue weighted by atomic mass is 79.9. The zero-order chi connectivity index (χ0) is 13.0. The van der Waals surface area contributed by atoms with E-state index in [9.17, 15) is 5.11 Å².